The third kappa shape index (κ3) is 3.34. The molecular weight excluding hydrogens is 376 g/mol. The van der Waals surface area contributed by atoms with E-state index in [4.69, 9.17) is 0 Å². The Bertz CT molecular complexity index is 768. The number of carbonyl (C=O) groups excluding carboxylic acids is 1. The zero-order valence-corrected chi connectivity index (χ0v) is 18.8. The first kappa shape index (κ1) is 20.6. The molecule has 0 bridgehead atoms. The number of aromatic nitrogens is 4. The van der Waals surface area contributed by atoms with E-state index in [-0.39, 0.29) is 11.3 Å². The van der Waals surface area contributed by atoms with Gasteiger partial charge in [0.2, 0.25) is 0 Å². The van der Waals surface area contributed by atoms with Crippen LogP contribution in [0, 0.1) is 46.8 Å². The number of rotatable bonds is 6. The molecule has 5 rings (SSSR count). The van der Waals surface area contributed by atoms with Gasteiger partial charge < -0.3 is 5.11 Å². The van der Waals surface area contributed by atoms with Gasteiger partial charge in [0.25, 0.3) is 0 Å². The van der Waals surface area contributed by atoms with Crippen LogP contribution in [0.25, 0.3) is 0 Å². The number of aliphatic hydroxyl groups is 1. The second kappa shape index (κ2) is 7.39. The molecule has 0 unspecified atom stereocenters. The Morgan fingerprint density at radius 2 is 1.90 bits per heavy atom. The van der Waals surface area contributed by atoms with Crippen LogP contribution in [-0.2, 0) is 11.3 Å². The Kier molecular flexibility index (Phi) is 5.07. The van der Waals surface area contributed by atoms with E-state index in [1.165, 1.54) is 44.9 Å². The molecule has 0 radical (unpaired) electrons. The molecule has 0 spiro atoms. The molecule has 1 aromatic heterocycles. The van der Waals surface area contributed by atoms with Gasteiger partial charge in [0.15, 0.2) is 5.78 Å². The van der Waals surface area contributed by atoms with Crippen LogP contribution in [-0.4, -0.2) is 36.7 Å². The molecule has 6 heteroatoms. The monoisotopic (exact) mass is 414 g/mol. The summed E-state index contributed by atoms with van der Waals surface area (Å²) in [6.45, 7) is 7.10. The quantitative estimate of drug-likeness (QED) is 0.763. The molecule has 1 N–H and O–H groups in total. The van der Waals surface area contributed by atoms with Crippen LogP contribution in [0.4, 0.5) is 0 Å². The third-order valence-corrected chi connectivity index (χ3v) is 9.67. The summed E-state index contributed by atoms with van der Waals surface area (Å²) in [5, 5.41) is 21.8. The summed E-state index contributed by atoms with van der Waals surface area (Å²) in [4.78, 5) is 13.4. The Labute approximate surface area is 180 Å². The van der Waals surface area contributed by atoms with Gasteiger partial charge in [0.05, 0.1) is 5.60 Å². The number of tetrazole rings is 1. The van der Waals surface area contributed by atoms with Gasteiger partial charge in [-0.1, -0.05) is 26.7 Å². The lowest BCUT2D eigenvalue weighted by molar-refractivity contribution is -0.132. The number of carbonyl (C=O) groups is 1. The fourth-order valence-electron chi connectivity index (χ4n) is 8.42. The van der Waals surface area contributed by atoms with E-state index in [0.29, 0.717) is 24.2 Å². The molecule has 7 atom stereocenters. The average molecular weight is 415 g/mol. The SMILES string of the molecule is CCC[C@H]1[C@@H]2[C@@H]3C[C@@H]3[C@H](C(=O)Cn3cnnn3)[C@@]2(C)CC[C@@H]1[C@H]1CC[C@@](C)(O)CC1. The van der Waals surface area contributed by atoms with Gasteiger partial charge in [-0.05, 0) is 103 Å². The second-order valence-corrected chi connectivity index (χ2v) is 11.5. The van der Waals surface area contributed by atoms with Crippen molar-refractivity contribution < 1.29 is 9.90 Å². The van der Waals surface area contributed by atoms with Crippen molar-refractivity contribution >= 4 is 5.78 Å². The van der Waals surface area contributed by atoms with Crippen molar-refractivity contribution in [3.8, 4) is 0 Å². The lowest BCUT2D eigenvalue weighted by Gasteiger charge is -2.53. The maximum atomic E-state index is 13.4. The fraction of sp³-hybridized carbons (Fsp3) is 0.917. The molecule has 6 nitrogen and oxygen atoms in total. The lowest BCUT2D eigenvalue weighted by atomic mass is 9.51. The van der Waals surface area contributed by atoms with Crippen LogP contribution in [0.15, 0.2) is 6.33 Å². The molecule has 0 saturated heterocycles. The van der Waals surface area contributed by atoms with E-state index in [9.17, 15) is 9.90 Å². The van der Waals surface area contributed by atoms with Crippen LogP contribution in [0.3, 0.4) is 0 Å². The van der Waals surface area contributed by atoms with Crippen molar-refractivity contribution in [3.05, 3.63) is 6.33 Å². The summed E-state index contributed by atoms with van der Waals surface area (Å²) >= 11 is 0. The molecule has 1 aromatic rings. The maximum absolute atomic E-state index is 13.4. The number of Topliss-reactive ketones (excluding diaryl/α,β-unsaturated/α-hetero) is 1. The van der Waals surface area contributed by atoms with Crippen LogP contribution in [0.2, 0.25) is 0 Å². The van der Waals surface area contributed by atoms with E-state index in [1.807, 2.05) is 6.92 Å². The predicted octanol–water partition coefficient (Wildman–Crippen LogP) is 3.90. The van der Waals surface area contributed by atoms with E-state index in [2.05, 4.69) is 29.4 Å². The Morgan fingerprint density at radius 1 is 1.13 bits per heavy atom. The zero-order chi connectivity index (χ0) is 21.1. The first-order valence-electron chi connectivity index (χ1n) is 12.3. The Hall–Kier alpha value is -1.30. The summed E-state index contributed by atoms with van der Waals surface area (Å²) in [5.74, 6) is 4.88. The first-order chi connectivity index (χ1) is 14.3. The largest absolute Gasteiger partial charge is 0.390 e. The molecule has 0 aliphatic heterocycles. The van der Waals surface area contributed by atoms with Gasteiger partial charge in [0, 0.05) is 5.92 Å². The molecule has 4 saturated carbocycles. The molecular formula is C24H38N4O2. The van der Waals surface area contributed by atoms with E-state index < -0.39 is 5.60 Å². The van der Waals surface area contributed by atoms with Crippen molar-refractivity contribution in [3.63, 3.8) is 0 Å². The predicted molar refractivity (Wildman–Crippen MR) is 113 cm³/mol. The van der Waals surface area contributed by atoms with Crippen LogP contribution in [0.5, 0.6) is 0 Å². The van der Waals surface area contributed by atoms with Gasteiger partial charge in [-0.25, -0.2) is 4.68 Å². The van der Waals surface area contributed by atoms with Crippen LogP contribution >= 0.6 is 0 Å². The third-order valence-electron chi connectivity index (χ3n) is 9.67. The van der Waals surface area contributed by atoms with Gasteiger partial charge in [-0.3, -0.25) is 4.79 Å². The molecule has 1 heterocycles. The van der Waals surface area contributed by atoms with Crippen molar-refractivity contribution in [2.75, 3.05) is 0 Å². The highest BCUT2D eigenvalue weighted by Gasteiger charge is 2.70. The number of fused-ring (bicyclic) bond motifs is 3. The zero-order valence-electron chi connectivity index (χ0n) is 18.8. The number of hydrogen-bond acceptors (Lipinski definition) is 5. The summed E-state index contributed by atoms with van der Waals surface area (Å²) in [5.41, 5.74) is -0.308. The van der Waals surface area contributed by atoms with Gasteiger partial charge in [-0.15, -0.1) is 5.10 Å². The summed E-state index contributed by atoms with van der Waals surface area (Å²) in [6.07, 6.45) is 12.1. The first-order valence-corrected chi connectivity index (χ1v) is 12.3. The summed E-state index contributed by atoms with van der Waals surface area (Å²) in [6, 6.07) is 0. The molecule has 4 fully saturated rings. The normalized spacial score (nSPS) is 47.5. The molecule has 0 amide bonds. The van der Waals surface area contributed by atoms with Crippen molar-refractivity contribution in [2.45, 2.75) is 90.7 Å². The highest BCUT2D eigenvalue weighted by molar-refractivity contribution is 5.83. The lowest BCUT2D eigenvalue weighted by Crippen LogP contribution is -2.48. The van der Waals surface area contributed by atoms with Crippen molar-refractivity contribution in [1.29, 1.82) is 0 Å². The minimum Gasteiger partial charge on any atom is -0.390 e. The average Bonchev–Trinajstić information content (AvgIpc) is 3.15. The molecule has 4 aliphatic carbocycles. The number of hydrogen-bond donors (Lipinski definition) is 1. The van der Waals surface area contributed by atoms with Crippen molar-refractivity contribution in [1.82, 2.24) is 20.2 Å². The molecule has 4 aliphatic rings. The smallest absolute Gasteiger partial charge is 0.158 e. The second-order valence-electron chi connectivity index (χ2n) is 11.5. The molecule has 0 aromatic carbocycles. The van der Waals surface area contributed by atoms with Gasteiger partial charge in [0.1, 0.15) is 12.9 Å². The van der Waals surface area contributed by atoms with E-state index >= 15 is 0 Å². The van der Waals surface area contributed by atoms with Crippen LogP contribution in [0.1, 0.15) is 78.6 Å². The highest BCUT2D eigenvalue weighted by atomic mass is 16.3. The molecule has 30 heavy (non-hydrogen) atoms. The van der Waals surface area contributed by atoms with Crippen LogP contribution < -0.4 is 0 Å². The highest BCUT2D eigenvalue weighted by Crippen LogP contribution is 2.73. The summed E-state index contributed by atoms with van der Waals surface area (Å²) < 4.78 is 1.60. The van der Waals surface area contributed by atoms with E-state index in [1.54, 1.807) is 11.0 Å². The molecule has 166 valence electrons. The standard InChI is InChI=1S/C24H38N4O2/c1-4-5-17-16(15-6-9-23(2,30)10-7-15)8-11-24(3)21(17)18-12-19(18)22(24)20(29)13-28-14-25-26-27-28/h14-19,21-22,30H,4-13H2,1-3H3/t15-,16-,17-,18-,19+,21-,22-,23+,24+/m1/s1. The minimum absolute atomic E-state index is 0.148. The maximum Gasteiger partial charge on any atom is 0.158 e. The number of nitrogens with zero attached hydrogens (tertiary/aromatic N) is 4. The topological polar surface area (TPSA) is 80.9 Å². The minimum atomic E-state index is -0.456. The summed E-state index contributed by atoms with van der Waals surface area (Å²) in [7, 11) is 0. The van der Waals surface area contributed by atoms with Crippen molar-refractivity contribution in [2.24, 2.45) is 46.8 Å². The van der Waals surface area contributed by atoms with E-state index in [0.717, 1.165) is 36.5 Å². The van der Waals surface area contributed by atoms with Gasteiger partial charge in [-0.2, -0.15) is 0 Å². The number of ketones is 1. The fourth-order valence-corrected chi connectivity index (χ4v) is 8.42. The Balaban J connectivity index is 1.37. The van der Waals surface area contributed by atoms with Gasteiger partial charge >= 0.3 is 0 Å². The Morgan fingerprint density at radius 3 is 2.57 bits per heavy atom.